The van der Waals surface area contributed by atoms with Gasteiger partial charge in [-0.1, -0.05) is 23.7 Å². The summed E-state index contributed by atoms with van der Waals surface area (Å²) in [6, 6.07) is 10.7. The van der Waals surface area contributed by atoms with E-state index in [4.69, 9.17) is 22.1 Å². The minimum Gasteiger partial charge on any atom is -0.484 e. The van der Waals surface area contributed by atoms with Crippen LogP contribution in [0, 0.1) is 13.8 Å². The highest BCUT2D eigenvalue weighted by Gasteiger charge is 2.08. The van der Waals surface area contributed by atoms with Gasteiger partial charge in [0.2, 0.25) is 0 Å². The van der Waals surface area contributed by atoms with Gasteiger partial charge in [0.05, 0.1) is 11.4 Å². The molecular weight excluding hydrogens is 288 g/mol. The number of aryl methyl sites for hydroxylation is 2. The number of carbonyl (C=O) groups is 1. The van der Waals surface area contributed by atoms with Crippen molar-refractivity contribution in [1.29, 1.82) is 0 Å². The number of nitrogen functional groups attached to an aromatic ring is 1. The molecule has 0 aliphatic heterocycles. The third-order valence-electron chi connectivity index (χ3n) is 3.01. The summed E-state index contributed by atoms with van der Waals surface area (Å²) in [4.78, 5) is 11.9. The number of nitrogens with two attached hydrogens (primary N) is 1. The Morgan fingerprint density at radius 3 is 2.48 bits per heavy atom. The number of rotatable bonds is 4. The molecule has 0 bridgehead atoms. The molecule has 0 atom stereocenters. The summed E-state index contributed by atoms with van der Waals surface area (Å²) in [5, 5.41) is 3.42. The van der Waals surface area contributed by atoms with Crippen LogP contribution in [0.5, 0.6) is 5.75 Å². The zero-order chi connectivity index (χ0) is 15.4. The second-order valence-corrected chi connectivity index (χ2v) is 5.17. The molecule has 1 amide bonds. The molecule has 0 saturated carbocycles. The van der Waals surface area contributed by atoms with E-state index in [0.29, 0.717) is 22.1 Å². The highest BCUT2D eigenvalue weighted by Crippen LogP contribution is 2.25. The molecule has 0 heterocycles. The van der Waals surface area contributed by atoms with Crippen LogP contribution in [0.4, 0.5) is 11.4 Å². The van der Waals surface area contributed by atoms with E-state index < -0.39 is 0 Å². The second-order valence-electron chi connectivity index (χ2n) is 4.80. The lowest BCUT2D eigenvalue weighted by atomic mass is 10.1. The molecular formula is C16H17ClN2O2. The monoisotopic (exact) mass is 304 g/mol. The molecule has 2 aromatic carbocycles. The Hall–Kier alpha value is -2.20. The van der Waals surface area contributed by atoms with Crippen LogP contribution in [0.1, 0.15) is 11.1 Å². The van der Waals surface area contributed by atoms with Crippen LogP contribution in [-0.2, 0) is 4.79 Å². The average Bonchev–Trinajstić information content (AvgIpc) is 2.45. The predicted molar refractivity (Wildman–Crippen MR) is 85.9 cm³/mol. The van der Waals surface area contributed by atoms with E-state index in [1.165, 1.54) is 0 Å². The lowest BCUT2D eigenvalue weighted by Gasteiger charge is -2.11. The summed E-state index contributed by atoms with van der Waals surface area (Å²) < 4.78 is 5.49. The van der Waals surface area contributed by atoms with Crippen LogP contribution in [0.25, 0.3) is 0 Å². The van der Waals surface area contributed by atoms with Crippen molar-refractivity contribution >= 4 is 28.9 Å². The minimum atomic E-state index is -0.266. The lowest BCUT2D eigenvalue weighted by molar-refractivity contribution is -0.118. The third kappa shape index (κ3) is 3.89. The molecule has 0 unspecified atom stereocenters. The highest BCUT2D eigenvalue weighted by molar-refractivity contribution is 6.32. The van der Waals surface area contributed by atoms with Gasteiger partial charge in [-0.15, -0.1) is 0 Å². The number of ether oxygens (including phenoxy) is 1. The molecule has 0 radical (unpaired) electrons. The summed E-state index contributed by atoms with van der Waals surface area (Å²) in [6.07, 6.45) is 0. The van der Waals surface area contributed by atoms with Crippen LogP contribution in [0.15, 0.2) is 36.4 Å². The minimum absolute atomic E-state index is 0.0884. The van der Waals surface area contributed by atoms with E-state index in [-0.39, 0.29) is 12.5 Å². The third-order valence-corrected chi connectivity index (χ3v) is 3.61. The van der Waals surface area contributed by atoms with Gasteiger partial charge in [-0.3, -0.25) is 4.79 Å². The largest absolute Gasteiger partial charge is 0.484 e. The Bertz CT molecular complexity index is 648. The zero-order valence-electron chi connectivity index (χ0n) is 11.9. The number of benzene rings is 2. The summed E-state index contributed by atoms with van der Waals surface area (Å²) in [6.45, 7) is 3.70. The van der Waals surface area contributed by atoms with E-state index in [1.54, 1.807) is 36.4 Å². The molecule has 2 rings (SSSR count). The van der Waals surface area contributed by atoms with Gasteiger partial charge in [-0.25, -0.2) is 0 Å². The molecule has 0 fully saturated rings. The molecule has 2 aromatic rings. The number of para-hydroxylation sites is 2. The molecule has 110 valence electrons. The first-order valence-electron chi connectivity index (χ1n) is 6.51. The summed E-state index contributed by atoms with van der Waals surface area (Å²) in [5.74, 6) is 0.351. The van der Waals surface area contributed by atoms with Gasteiger partial charge in [0, 0.05) is 5.02 Å². The number of hydrogen-bond acceptors (Lipinski definition) is 3. The van der Waals surface area contributed by atoms with Crippen molar-refractivity contribution in [3.05, 3.63) is 52.5 Å². The van der Waals surface area contributed by atoms with Gasteiger partial charge < -0.3 is 15.8 Å². The normalized spacial score (nSPS) is 10.2. The SMILES string of the molecule is Cc1cc(OCC(=O)Nc2ccccc2N)cc(C)c1Cl. The van der Waals surface area contributed by atoms with E-state index in [9.17, 15) is 4.79 Å². The summed E-state index contributed by atoms with van der Waals surface area (Å²) >= 11 is 6.09. The Balaban J connectivity index is 1.97. The van der Waals surface area contributed by atoms with E-state index in [1.807, 2.05) is 13.8 Å². The molecule has 0 aliphatic rings. The van der Waals surface area contributed by atoms with Gasteiger partial charge in [-0.05, 0) is 49.2 Å². The van der Waals surface area contributed by atoms with Gasteiger partial charge in [0.1, 0.15) is 5.75 Å². The standard InChI is InChI=1S/C16H17ClN2O2/c1-10-7-12(8-11(2)16(10)17)21-9-15(20)19-14-6-4-3-5-13(14)18/h3-8H,9,18H2,1-2H3,(H,19,20). The number of carbonyl (C=O) groups excluding carboxylic acids is 1. The predicted octanol–water partition coefficient (Wildman–Crippen LogP) is 3.56. The highest BCUT2D eigenvalue weighted by atomic mass is 35.5. The van der Waals surface area contributed by atoms with Crippen LogP contribution < -0.4 is 15.8 Å². The molecule has 0 aromatic heterocycles. The molecule has 3 N–H and O–H groups in total. The topological polar surface area (TPSA) is 64.3 Å². The first-order valence-corrected chi connectivity index (χ1v) is 6.89. The first-order chi connectivity index (χ1) is 9.97. The molecule has 0 saturated heterocycles. The van der Waals surface area contributed by atoms with Crippen LogP contribution >= 0.6 is 11.6 Å². The van der Waals surface area contributed by atoms with Gasteiger partial charge >= 0.3 is 0 Å². The van der Waals surface area contributed by atoms with Crippen molar-refractivity contribution < 1.29 is 9.53 Å². The van der Waals surface area contributed by atoms with Crippen molar-refractivity contribution in [2.45, 2.75) is 13.8 Å². The Kier molecular flexibility index (Phi) is 4.70. The number of halogens is 1. The first kappa shape index (κ1) is 15.2. The smallest absolute Gasteiger partial charge is 0.262 e. The van der Waals surface area contributed by atoms with E-state index in [0.717, 1.165) is 11.1 Å². The van der Waals surface area contributed by atoms with Gasteiger partial charge in [0.15, 0.2) is 6.61 Å². The van der Waals surface area contributed by atoms with Crippen molar-refractivity contribution in [1.82, 2.24) is 0 Å². The lowest BCUT2D eigenvalue weighted by Crippen LogP contribution is -2.20. The number of hydrogen-bond donors (Lipinski definition) is 2. The number of nitrogens with one attached hydrogen (secondary N) is 1. The molecule has 4 nitrogen and oxygen atoms in total. The van der Waals surface area contributed by atoms with Gasteiger partial charge in [0.25, 0.3) is 5.91 Å². The molecule has 5 heteroatoms. The summed E-state index contributed by atoms with van der Waals surface area (Å²) in [7, 11) is 0. The Morgan fingerprint density at radius 1 is 1.24 bits per heavy atom. The fraction of sp³-hybridized carbons (Fsp3) is 0.188. The number of amides is 1. The van der Waals surface area contributed by atoms with Crippen LogP contribution in [0.3, 0.4) is 0 Å². The maximum Gasteiger partial charge on any atom is 0.262 e. The quantitative estimate of drug-likeness (QED) is 0.849. The zero-order valence-corrected chi connectivity index (χ0v) is 12.7. The maximum absolute atomic E-state index is 11.9. The fourth-order valence-electron chi connectivity index (χ4n) is 1.94. The second kappa shape index (κ2) is 6.50. The molecule has 0 spiro atoms. The van der Waals surface area contributed by atoms with Crippen molar-refractivity contribution in [3.8, 4) is 5.75 Å². The Morgan fingerprint density at radius 2 is 1.86 bits per heavy atom. The fourth-order valence-corrected chi connectivity index (χ4v) is 2.04. The Labute approximate surface area is 128 Å². The van der Waals surface area contributed by atoms with Crippen LogP contribution in [-0.4, -0.2) is 12.5 Å². The van der Waals surface area contributed by atoms with Crippen molar-refractivity contribution in [2.75, 3.05) is 17.7 Å². The summed E-state index contributed by atoms with van der Waals surface area (Å²) in [5.41, 5.74) is 8.69. The van der Waals surface area contributed by atoms with Crippen molar-refractivity contribution in [2.24, 2.45) is 0 Å². The van der Waals surface area contributed by atoms with Gasteiger partial charge in [-0.2, -0.15) is 0 Å². The molecule has 0 aliphatic carbocycles. The number of anilines is 2. The average molecular weight is 305 g/mol. The maximum atomic E-state index is 11.9. The van der Waals surface area contributed by atoms with E-state index >= 15 is 0 Å². The van der Waals surface area contributed by atoms with E-state index in [2.05, 4.69) is 5.32 Å². The van der Waals surface area contributed by atoms with Crippen LogP contribution in [0.2, 0.25) is 5.02 Å². The van der Waals surface area contributed by atoms with Crippen molar-refractivity contribution in [3.63, 3.8) is 0 Å². The molecule has 21 heavy (non-hydrogen) atoms.